The van der Waals surface area contributed by atoms with Gasteiger partial charge in [0.15, 0.2) is 0 Å². The number of methoxy groups -OCH3 is 4. The third-order valence-corrected chi connectivity index (χ3v) is 11.9. The van der Waals surface area contributed by atoms with Crippen LogP contribution in [0.1, 0.15) is 44.9 Å². The quantitative estimate of drug-likeness (QED) is 0.0226. The van der Waals surface area contributed by atoms with E-state index in [1.807, 2.05) is 12.5 Å². The van der Waals surface area contributed by atoms with E-state index < -0.39 is 35.7 Å². The third-order valence-electron chi connectivity index (χ3n) is 10.7. The van der Waals surface area contributed by atoms with Crippen molar-refractivity contribution in [1.29, 1.82) is 0 Å². The molecule has 71 heavy (non-hydrogen) atoms. The molecule has 8 N–H and O–H groups in total. The summed E-state index contributed by atoms with van der Waals surface area (Å²) in [6.07, 6.45) is 5.54. The summed E-state index contributed by atoms with van der Waals surface area (Å²) >= 11 is 3.43. The van der Waals surface area contributed by atoms with Crippen molar-refractivity contribution in [1.82, 2.24) is 40.9 Å². The Bertz CT molecular complexity index is 1610. The van der Waals surface area contributed by atoms with Gasteiger partial charge in [0, 0.05) is 160 Å². The lowest BCUT2D eigenvalue weighted by Crippen LogP contribution is -2.39. The average Bonchev–Trinajstić information content (AvgIpc) is 3.94. The van der Waals surface area contributed by atoms with E-state index in [1.54, 1.807) is 33.3 Å². The topological polar surface area (TPSA) is 321 Å². The molecule has 0 aromatic heterocycles. The van der Waals surface area contributed by atoms with Gasteiger partial charge < -0.3 is 71.3 Å². The van der Waals surface area contributed by atoms with Gasteiger partial charge in [-0.3, -0.25) is 43.2 Å². The van der Waals surface area contributed by atoms with Gasteiger partial charge in [0.1, 0.15) is 0 Å². The van der Waals surface area contributed by atoms with Crippen molar-refractivity contribution >= 4 is 82.8 Å². The number of nitrogens with two attached hydrogens (primary N) is 2. The molecular formula is C45H80N10O14S2. The molecule has 0 spiro atoms. The number of esters is 4. The van der Waals surface area contributed by atoms with Crippen LogP contribution in [0.5, 0.6) is 0 Å². The fraction of sp³-hybridized carbons (Fsp3) is 0.733. The standard InChI is InChI=1S/C25H41N5O8S.C13H29N5O2S.C7H10O4/c1-37-24(35)18-14-22(33)29(16-18)10-6-26-20(31)4-8-28(12-13-39-3)9-5-21(32)27-7-11-30-17-19(15-23(30)34)25(36)38-2;1-21-11-10-18(8-2-12(19)16-6-4-14)9-3-13(20)17-7-5-15;1-5(7(9)11-3)4-6(8)10-2/h18-19H,4-17H2,1-3H3,(H,26,31)(H,27,32);2-11,14-15H2,1H3,(H,16,19)(H,17,20);1,4H2,2-3H3. The number of carbonyl (C=O) groups excluding carboxylic acids is 10. The molecular weight excluding hydrogens is 969 g/mol. The Labute approximate surface area is 426 Å². The van der Waals surface area contributed by atoms with E-state index in [0.29, 0.717) is 104 Å². The zero-order valence-corrected chi connectivity index (χ0v) is 44.1. The fourth-order valence-corrected chi connectivity index (χ4v) is 7.56. The number of nitrogens with one attached hydrogen (secondary N) is 4. The van der Waals surface area contributed by atoms with Crippen molar-refractivity contribution in [3.8, 4) is 0 Å². The highest BCUT2D eigenvalue weighted by molar-refractivity contribution is 7.98. The third kappa shape index (κ3) is 31.1. The Balaban J connectivity index is 0.00000127. The molecule has 2 saturated heterocycles. The van der Waals surface area contributed by atoms with Crippen molar-refractivity contribution in [2.75, 3.05) is 157 Å². The van der Waals surface area contributed by atoms with Crippen LogP contribution in [-0.4, -0.2) is 236 Å². The Hall–Kier alpha value is -5.02. The molecule has 24 nitrogen and oxygen atoms in total. The van der Waals surface area contributed by atoms with Crippen molar-refractivity contribution in [2.45, 2.75) is 44.9 Å². The summed E-state index contributed by atoms with van der Waals surface area (Å²) in [6, 6.07) is 0. The summed E-state index contributed by atoms with van der Waals surface area (Å²) in [6.45, 7) is 11.0. The van der Waals surface area contributed by atoms with E-state index in [0.717, 1.165) is 24.6 Å². The summed E-state index contributed by atoms with van der Waals surface area (Å²) in [5.74, 6) is -1.50. The molecule has 0 bridgehead atoms. The number of ether oxygens (including phenoxy) is 4. The number of rotatable bonds is 33. The van der Waals surface area contributed by atoms with Gasteiger partial charge in [0.25, 0.3) is 0 Å². The number of amides is 6. The molecule has 406 valence electrons. The molecule has 2 atom stereocenters. The SMILES string of the molecule is C=C(CC(=O)OC)C(=O)OC.COC(=O)C1CC(=O)N(CCNC(=O)CCN(CCSC)CCC(=O)NCCN2CC(C(=O)OC)CC2=O)C1.CSCCN(CCC(=O)NCCN)CCC(=O)NCCN. The van der Waals surface area contributed by atoms with Gasteiger partial charge in [0.05, 0.1) is 46.7 Å². The molecule has 2 aliphatic rings. The summed E-state index contributed by atoms with van der Waals surface area (Å²) < 4.78 is 18.0. The first-order valence-electron chi connectivity index (χ1n) is 23.4. The van der Waals surface area contributed by atoms with Crippen LogP contribution in [0.2, 0.25) is 0 Å². The van der Waals surface area contributed by atoms with E-state index in [4.69, 9.17) is 20.9 Å². The van der Waals surface area contributed by atoms with Crippen molar-refractivity contribution < 1.29 is 66.9 Å². The van der Waals surface area contributed by atoms with E-state index in [9.17, 15) is 47.9 Å². The molecule has 2 aliphatic heterocycles. The molecule has 0 saturated carbocycles. The summed E-state index contributed by atoms with van der Waals surface area (Å²) in [7, 11) is 5.07. The van der Waals surface area contributed by atoms with Gasteiger partial charge >= 0.3 is 23.9 Å². The largest absolute Gasteiger partial charge is 0.469 e. The lowest BCUT2D eigenvalue weighted by atomic mass is 10.1. The predicted octanol–water partition coefficient (Wildman–Crippen LogP) is -2.43. The lowest BCUT2D eigenvalue weighted by molar-refractivity contribution is -0.145. The molecule has 26 heteroatoms. The zero-order valence-electron chi connectivity index (χ0n) is 42.5. The summed E-state index contributed by atoms with van der Waals surface area (Å²) in [5, 5.41) is 11.1. The summed E-state index contributed by atoms with van der Waals surface area (Å²) in [5.41, 5.74) is 10.8. The molecule has 0 radical (unpaired) electrons. The molecule has 2 heterocycles. The van der Waals surface area contributed by atoms with E-state index in [-0.39, 0.29) is 73.1 Å². The highest BCUT2D eigenvalue weighted by Gasteiger charge is 2.35. The van der Waals surface area contributed by atoms with Crippen LogP contribution in [-0.2, 0) is 66.9 Å². The normalized spacial score (nSPS) is 14.9. The Morgan fingerprint density at radius 3 is 1.23 bits per heavy atom. The molecule has 2 rings (SSSR count). The maximum absolute atomic E-state index is 12.4. The minimum absolute atomic E-state index is 0.00202. The van der Waals surface area contributed by atoms with E-state index in [1.165, 1.54) is 28.4 Å². The van der Waals surface area contributed by atoms with Gasteiger partial charge in [-0.25, -0.2) is 4.79 Å². The second-order valence-electron chi connectivity index (χ2n) is 16.0. The van der Waals surface area contributed by atoms with Crippen molar-refractivity contribution in [3.05, 3.63) is 12.2 Å². The Morgan fingerprint density at radius 2 is 0.930 bits per heavy atom. The van der Waals surface area contributed by atoms with Gasteiger partial charge in [0.2, 0.25) is 35.4 Å². The van der Waals surface area contributed by atoms with Crippen LogP contribution in [0.3, 0.4) is 0 Å². The number of nitrogens with zero attached hydrogens (tertiary/aromatic N) is 4. The van der Waals surface area contributed by atoms with Crippen LogP contribution in [0, 0.1) is 11.8 Å². The minimum atomic E-state index is -0.588. The molecule has 2 fully saturated rings. The number of carbonyl (C=O) groups is 10. The first-order chi connectivity index (χ1) is 33.9. The number of hydrogen-bond acceptors (Lipinski definition) is 20. The summed E-state index contributed by atoms with van der Waals surface area (Å²) in [4.78, 5) is 124. The van der Waals surface area contributed by atoms with Crippen LogP contribution in [0.15, 0.2) is 12.2 Å². The van der Waals surface area contributed by atoms with Crippen LogP contribution in [0.4, 0.5) is 0 Å². The van der Waals surface area contributed by atoms with Gasteiger partial charge in [-0.1, -0.05) is 6.58 Å². The van der Waals surface area contributed by atoms with Crippen molar-refractivity contribution in [2.24, 2.45) is 23.3 Å². The maximum Gasteiger partial charge on any atom is 0.333 e. The monoisotopic (exact) mass is 1050 g/mol. The molecule has 0 aromatic rings. The first-order valence-corrected chi connectivity index (χ1v) is 26.2. The minimum Gasteiger partial charge on any atom is -0.469 e. The first kappa shape index (κ1) is 66.0. The average molecular weight is 1050 g/mol. The lowest BCUT2D eigenvalue weighted by Gasteiger charge is -2.22. The van der Waals surface area contributed by atoms with E-state index in [2.05, 4.69) is 47.1 Å². The number of likely N-dealkylation sites (tertiary alicyclic amines) is 2. The Kier molecular flexibility index (Phi) is 37.7. The molecule has 0 aromatic carbocycles. The second kappa shape index (κ2) is 40.6. The Morgan fingerprint density at radius 1 is 0.577 bits per heavy atom. The number of hydrogen-bond donors (Lipinski definition) is 6. The fourth-order valence-electron chi connectivity index (χ4n) is 6.68. The van der Waals surface area contributed by atoms with Crippen LogP contribution >= 0.6 is 23.5 Å². The van der Waals surface area contributed by atoms with E-state index >= 15 is 0 Å². The highest BCUT2D eigenvalue weighted by Crippen LogP contribution is 2.19. The van der Waals surface area contributed by atoms with Crippen molar-refractivity contribution in [3.63, 3.8) is 0 Å². The smallest absolute Gasteiger partial charge is 0.333 e. The van der Waals surface area contributed by atoms with Gasteiger partial charge in [-0.05, 0) is 12.5 Å². The molecule has 2 unspecified atom stereocenters. The molecule has 6 amide bonds. The second-order valence-corrected chi connectivity index (χ2v) is 18.0. The van der Waals surface area contributed by atoms with Crippen LogP contribution in [0.25, 0.3) is 0 Å². The zero-order chi connectivity index (χ0) is 53.6. The molecule has 0 aliphatic carbocycles. The number of thioether (sulfide) groups is 2. The van der Waals surface area contributed by atoms with Crippen LogP contribution < -0.4 is 32.7 Å². The maximum atomic E-state index is 12.4. The predicted molar refractivity (Wildman–Crippen MR) is 269 cm³/mol. The van der Waals surface area contributed by atoms with Gasteiger partial charge in [-0.15, -0.1) is 0 Å². The highest BCUT2D eigenvalue weighted by atomic mass is 32.2. The van der Waals surface area contributed by atoms with Gasteiger partial charge in [-0.2, -0.15) is 23.5 Å².